The molecular formula is C9H7ClO4. The van der Waals surface area contributed by atoms with Crippen LogP contribution in [0.25, 0.3) is 0 Å². The molecule has 1 aromatic carbocycles. The standard InChI is InChI=1S/C9H7ClO4/c10-8-5(9(11)12)1-2-7-6(8)3-13-4-14-7/h1-2H,3-4H2,(H,11,12). The molecule has 5 heteroatoms. The highest BCUT2D eigenvalue weighted by molar-refractivity contribution is 6.34. The Morgan fingerprint density at radius 2 is 2.29 bits per heavy atom. The molecule has 0 aliphatic carbocycles. The summed E-state index contributed by atoms with van der Waals surface area (Å²) in [5, 5.41) is 8.99. The fraction of sp³-hybridized carbons (Fsp3) is 0.222. The number of carbonyl (C=O) groups is 1. The van der Waals surface area contributed by atoms with Crippen LogP contribution in [0.3, 0.4) is 0 Å². The van der Waals surface area contributed by atoms with E-state index in [1.54, 1.807) is 6.07 Å². The van der Waals surface area contributed by atoms with Crippen molar-refractivity contribution in [2.75, 3.05) is 6.79 Å². The number of rotatable bonds is 1. The highest BCUT2D eigenvalue weighted by Crippen LogP contribution is 2.32. The van der Waals surface area contributed by atoms with Crippen LogP contribution in [0.2, 0.25) is 5.02 Å². The lowest BCUT2D eigenvalue weighted by molar-refractivity contribution is -0.0163. The van der Waals surface area contributed by atoms with E-state index in [2.05, 4.69) is 0 Å². The van der Waals surface area contributed by atoms with E-state index in [1.807, 2.05) is 0 Å². The summed E-state index contributed by atoms with van der Waals surface area (Å²) < 4.78 is 10.2. The molecule has 4 nitrogen and oxygen atoms in total. The minimum Gasteiger partial charge on any atom is -0.478 e. The van der Waals surface area contributed by atoms with Gasteiger partial charge in [-0.05, 0) is 12.1 Å². The number of aromatic carboxylic acids is 1. The second-order valence-corrected chi connectivity index (χ2v) is 3.20. The van der Waals surface area contributed by atoms with Gasteiger partial charge in [-0.25, -0.2) is 4.79 Å². The molecule has 0 saturated carbocycles. The first-order chi connectivity index (χ1) is 6.70. The third kappa shape index (κ3) is 1.42. The summed E-state index contributed by atoms with van der Waals surface area (Å²) in [4.78, 5) is 10.7. The van der Waals surface area contributed by atoms with Crippen molar-refractivity contribution >= 4 is 17.6 Å². The van der Waals surface area contributed by atoms with Crippen molar-refractivity contribution in [1.29, 1.82) is 0 Å². The average molecular weight is 215 g/mol. The minimum absolute atomic E-state index is 0.0690. The van der Waals surface area contributed by atoms with Crippen LogP contribution >= 0.6 is 11.6 Å². The lowest BCUT2D eigenvalue weighted by Gasteiger charge is -2.19. The maximum Gasteiger partial charge on any atom is 0.337 e. The smallest absolute Gasteiger partial charge is 0.337 e. The Kier molecular flexibility index (Phi) is 2.31. The molecule has 1 aromatic rings. The zero-order valence-corrected chi connectivity index (χ0v) is 7.87. The van der Waals surface area contributed by atoms with Crippen molar-refractivity contribution in [2.45, 2.75) is 6.61 Å². The molecule has 0 fully saturated rings. The summed E-state index contributed by atoms with van der Waals surface area (Å²) in [6, 6.07) is 3.02. The van der Waals surface area contributed by atoms with Crippen molar-refractivity contribution in [3.8, 4) is 5.75 Å². The van der Waals surface area contributed by atoms with Crippen molar-refractivity contribution < 1.29 is 19.4 Å². The van der Waals surface area contributed by atoms with Gasteiger partial charge in [-0.3, -0.25) is 0 Å². The first kappa shape index (κ1) is 9.30. The molecule has 14 heavy (non-hydrogen) atoms. The van der Waals surface area contributed by atoms with E-state index in [0.29, 0.717) is 11.3 Å². The third-order valence-electron chi connectivity index (χ3n) is 1.97. The topological polar surface area (TPSA) is 55.8 Å². The highest BCUT2D eigenvalue weighted by atomic mass is 35.5. The van der Waals surface area contributed by atoms with E-state index >= 15 is 0 Å². The van der Waals surface area contributed by atoms with E-state index < -0.39 is 5.97 Å². The van der Waals surface area contributed by atoms with Crippen LogP contribution in [0, 0.1) is 0 Å². The van der Waals surface area contributed by atoms with Gasteiger partial charge >= 0.3 is 5.97 Å². The van der Waals surface area contributed by atoms with E-state index in [-0.39, 0.29) is 24.0 Å². The molecule has 2 rings (SSSR count). The first-order valence-electron chi connectivity index (χ1n) is 3.95. The number of ether oxygens (including phenoxy) is 2. The predicted octanol–water partition coefficient (Wildman–Crippen LogP) is 1.90. The molecule has 0 aromatic heterocycles. The van der Waals surface area contributed by atoms with Gasteiger partial charge in [0.15, 0.2) is 6.79 Å². The number of halogens is 1. The number of benzene rings is 1. The Labute approximate surface area is 85.0 Å². The summed E-state index contributed by atoms with van der Waals surface area (Å²) >= 11 is 5.88. The Hall–Kier alpha value is -1.26. The number of fused-ring (bicyclic) bond motifs is 1. The van der Waals surface area contributed by atoms with Gasteiger partial charge in [0.2, 0.25) is 0 Å². The second-order valence-electron chi connectivity index (χ2n) is 2.82. The van der Waals surface area contributed by atoms with Crippen molar-refractivity contribution in [2.24, 2.45) is 0 Å². The Morgan fingerprint density at radius 3 is 3.00 bits per heavy atom. The Balaban J connectivity index is 2.54. The summed E-state index contributed by atoms with van der Waals surface area (Å²) in [6.45, 7) is 0.463. The molecular weight excluding hydrogens is 208 g/mol. The Morgan fingerprint density at radius 1 is 1.50 bits per heavy atom. The Bertz CT molecular complexity index is 389. The monoisotopic (exact) mass is 214 g/mol. The van der Waals surface area contributed by atoms with Crippen LogP contribution in [0.4, 0.5) is 0 Å². The summed E-state index contributed by atoms with van der Waals surface area (Å²) in [5.41, 5.74) is 0.664. The number of hydrogen-bond donors (Lipinski definition) is 1. The fourth-order valence-corrected chi connectivity index (χ4v) is 1.58. The molecule has 1 N–H and O–H groups in total. The van der Waals surface area contributed by atoms with Crippen LogP contribution in [0.1, 0.15) is 15.9 Å². The van der Waals surface area contributed by atoms with E-state index in [4.69, 9.17) is 26.2 Å². The van der Waals surface area contributed by atoms with Crippen molar-refractivity contribution in [3.63, 3.8) is 0 Å². The molecule has 74 valence electrons. The molecule has 0 radical (unpaired) electrons. The number of hydrogen-bond acceptors (Lipinski definition) is 3. The number of carboxylic acid groups (broad SMARTS) is 1. The van der Waals surface area contributed by atoms with Crippen molar-refractivity contribution in [1.82, 2.24) is 0 Å². The van der Waals surface area contributed by atoms with Crippen LogP contribution in [0.15, 0.2) is 12.1 Å². The van der Waals surface area contributed by atoms with Crippen LogP contribution < -0.4 is 4.74 Å². The quantitative estimate of drug-likeness (QED) is 0.776. The van der Waals surface area contributed by atoms with Gasteiger partial charge in [0.05, 0.1) is 17.2 Å². The second kappa shape index (κ2) is 3.48. The van der Waals surface area contributed by atoms with Gasteiger partial charge < -0.3 is 14.6 Å². The molecule has 0 saturated heterocycles. The number of carboxylic acids is 1. The average Bonchev–Trinajstić information content (AvgIpc) is 2.18. The van der Waals surface area contributed by atoms with Gasteiger partial charge in [0, 0.05) is 5.56 Å². The molecule has 0 unspecified atom stereocenters. The molecule has 1 aliphatic rings. The predicted molar refractivity (Wildman–Crippen MR) is 48.7 cm³/mol. The third-order valence-corrected chi connectivity index (χ3v) is 2.41. The molecule has 1 aliphatic heterocycles. The van der Waals surface area contributed by atoms with Gasteiger partial charge in [-0.2, -0.15) is 0 Å². The maximum atomic E-state index is 10.7. The lowest BCUT2D eigenvalue weighted by Crippen LogP contribution is -2.13. The molecule has 1 heterocycles. The van der Waals surface area contributed by atoms with Gasteiger partial charge in [-0.1, -0.05) is 11.6 Å². The zero-order valence-electron chi connectivity index (χ0n) is 7.12. The SMILES string of the molecule is O=C(O)c1ccc2c(c1Cl)COCO2. The minimum atomic E-state index is -1.05. The van der Waals surface area contributed by atoms with Gasteiger partial charge in [0.1, 0.15) is 5.75 Å². The molecule has 0 amide bonds. The molecule has 0 spiro atoms. The normalized spacial score (nSPS) is 14.4. The van der Waals surface area contributed by atoms with Crippen LogP contribution in [-0.2, 0) is 11.3 Å². The van der Waals surface area contributed by atoms with E-state index in [1.165, 1.54) is 6.07 Å². The largest absolute Gasteiger partial charge is 0.478 e. The van der Waals surface area contributed by atoms with Gasteiger partial charge in [-0.15, -0.1) is 0 Å². The van der Waals surface area contributed by atoms with E-state index in [0.717, 1.165) is 0 Å². The lowest BCUT2D eigenvalue weighted by atomic mass is 10.1. The van der Waals surface area contributed by atoms with Crippen LogP contribution in [0.5, 0.6) is 5.75 Å². The highest BCUT2D eigenvalue weighted by Gasteiger charge is 2.19. The molecule has 0 atom stereocenters. The summed E-state index contributed by atoms with van der Waals surface area (Å²) in [7, 11) is 0. The van der Waals surface area contributed by atoms with E-state index in [9.17, 15) is 4.79 Å². The maximum absolute atomic E-state index is 10.7. The van der Waals surface area contributed by atoms with Crippen LogP contribution in [-0.4, -0.2) is 17.9 Å². The zero-order chi connectivity index (χ0) is 10.1. The molecule has 0 bridgehead atoms. The first-order valence-corrected chi connectivity index (χ1v) is 4.33. The summed E-state index contributed by atoms with van der Waals surface area (Å²) in [6.07, 6.45) is 0. The summed E-state index contributed by atoms with van der Waals surface area (Å²) in [5.74, 6) is -0.463. The van der Waals surface area contributed by atoms with Gasteiger partial charge in [0.25, 0.3) is 0 Å². The fourth-order valence-electron chi connectivity index (χ4n) is 1.29. The van der Waals surface area contributed by atoms with Crippen molar-refractivity contribution in [3.05, 3.63) is 28.3 Å².